The SMILES string of the molecule is CCC(C)(CCC(=O)O)NC.O=C(O)CCC(=O)O. The van der Waals surface area contributed by atoms with E-state index in [2.05, 4.69) is 12.2 Å². The lowest BCUT2D eigenvalue weighted by molar-refractivity contribution is -0.143. The van der Waals surface area contributed by atoms with Crippen molar-refractivity contribution in [3.05, 3.63) is 0 Å². The average molecular weight is 277 g/mol. The molecule has 1 atom stereocenters. The van der Waals surface area contributed by atoms with E-state index in [-0.39, 0.29) is 24.8 Å². The van der Waals surface area contributed by atoms with E-state index in [0.29, 0.717) is 6.42 Å². The van der Waals surface area contributed by atoms with Crippen LogP contribution in [0.1, 0.15) is 46.0 Å². The number of hydrogen-bond acceptors (Lipinski definition) is 4. The molecule has 0 bridgehead atoms. The Morgan fingerprint density at radius 1 is 0.947 bits per heavy atom. The van der Waals surface area contributed by atoms with Gasteiger partial charge in [0.2, 0.25) is 0 Å². The third-order valence-corrected chi connectivity index (χ3v) is 2.83. The summed E-state index contributed by atoms with van der Waals surface area (Å²) in [6.45, 7) is 4.09. The van der Waals surface area contributed by atoms with E-state index >= 15 is 0 Å². The maximum Gasteiger partial charge on any atom is 0.303 e. The Morgan fingerprint density at radius 3 is 1.53 bits per heavy atom. The summed E-state index contributed by atoms with van der Waals surface area (Å²) < 4.78 is 0. The van der Waals surface area contributed by atoms with Crippen LogP contribution in [0.5, 0.6) is 0 Å². The fraction of sp³-hybridized carbons (Fsp3) is 0.750. The van der Waals surface area contributed by atoms with Gasteiger partial charge in [-0.15, -0.1) is 0 Å². The Morgan fingerprint density at radius 2 is 1.32 bits per heavy atom. The first-order valence-corrected chi connectivity index (χ1v) is 6.01. The molecule has 7 nitrogen and oxygen atoms in total. The van der Waals surface area contributed by atoms with E-state index in [1.165, 1.54) is 0 Å². The third-order valence-electron chi connectivity index (χ3n) is 2.83. The first-order chi connectivity index (χ1) is 8.66. The van der Waals surface area contributed by atoms with Crippen LogP contribution in [0, 0.1) is 0 Å². The molecule has 0 heterocycles. The van der Waals surface area contributed by atoms with Gasteiger partial charge in [0.15, 0.2) is 0 Å². The lowest BCUT2D eigenvalue weighted by atomic mass is 9.93. The highest BCUT2D eigenvalue weighted by Crippen LogP contribution is 2.15. The van der Waals surface area contributed by atoms with Crippen molar-refractivity contribution in [2.45, 2.75) is 51.5 Å². The van der Waals surface area contributed by atoms with E-state index < -0.39 is 17.9 Å². The Kier molecular flexibility index (Phi) is 10.7. The van der Waals surface area contributed by atoms with Gasteiger partial charge in [-0.25, -0.2) is 0 Å². The molecular formula is C12H23NO6. The molecule has 0 aromatic rings. The fourth-order valence-electron chi connectivity index (χ4n) is 1.08. The highest BCUT2D eigenvalue weighted by atomic mass is 16.4. The van der Waals surface area contributed by atoms with E-state index in [1.807, 2.05) is 14.0 Å². The number of aliphatic carboxylic acids is 3. The number of nitrogens with one attached hydrogen (secondary N) is 1. The minimum Gasteiger partial charge on any atom is -0.481 e. The van der Waals surface area contributed by atoms with Crippen molar-refractivity contribution < 1.29 is 29.7 Å². The Labute approximate surface area is 112 Å². The Bertz CT molecular complexity index is 285. The summed E-state index contributed by atoms with van der Waals surface area (Å²) in [5.74, 6) is -2.88. The highest BCUT2D eigenvalue weighted by molar-refractivity contribution is 5.75. The van der Waals surface area contributed by atoms with Gasteiger partial charge in [-0.1, -0.05) is 6.92 Å². The van der Waals surface area contributed by atoms with Gasteiger partial charge >= 0.3 is 17.9 Å². The molecule has 0 aliphatic carbocycles. The first-order valence-electron chi connectivity index (χ1n) is 6.01. The summed E-state index contributed by atoms with van der Waals surface area (Å²) in [5, 5.41) is 27.4. The molecule has 0 aliphatic heterocycles. The minimum atomic E-state index is -1.08. The number of hydrogen-bond donors (Lipinski definition) is 4. The number of carbonyl (C=O) groups is 3. The van der Waals surface area contributed by atoms with Crippen molar-refractivity contribution in [1.82, 2.24) is 5.32 Å². The molecule has 0 rings (SSSR count). The van der Waals surface area contributed by atoms with Gasteiger partial charge in [-0.2, -0.15) is 0 Å². The van der Waals surface area contributed by atoms with Crippen LogP contribution in [0.2, 0.25) is 0 Å². The van der Waals surface area contributed by atoms with Gasteiger partial charge < -0.3 is 20.6 Å². The third kappa shape index (κ3) is 14.3. The molecule has 0 aliphatic rings. The lowest BCUT2D eigenvalue weighted by Crippen LogP contribution is -2.39. The van der Waals surface area contributed by atoms with Crippen LogP contribution < -0.4 is 5.32 Å². The fourth-order valence-corrected chi connectivity index (χ4v) is 1.08. The molecule has 1 unspecified atom stereocenters. The molecule has 4 N–H and O–H groups in total. The summed E-state index contributed by atoms with van der Waals surface area (Å²) in [6.07, 6.45) is 1.29. The highest BCUT2D eigenvalue weighted by Gasteiger charge is 2.19. The van der Waals surface area contributed by atoms with Gasteiger partial charge in [-0.05, 0) is 26.8 Å². The summed E-state index contributed by atoms with van der Waals surface area (Å²) in [4.78, 5) is 29.5. The zero-order valence-electron chi connectivity index (χ0n) is 11.6. The zero-order chi connectivity index (χ0) is 15.5. The summed E-state index contributed by atoms with van der Waals surface area (Å²) in [6, 6.07) is 0. The Balaban J connectivity index is 0. The standard InChI is InChI=1S/C8H17NO2.C4H6O4/c1-4-8(2,9-3)6-5-7(10)11;5-3(6)1-2-4(7)8/h9H,4-6H2,1-3H3,(H,10,11);1-2H2,(H,5,6)(H,7,8). The Hall–Kier alpha value is -1.63. The molecule has 7 heteroatoms. The largest absolute Gasteiger partial charge is 0.481 e. The van der Waals surface area contributed by atoms with Crippen LogP contribution in [0.4, 0.5) is 0 Å². The normalized spacial score (nSPS) is 12.8. The topological polar surface area (TPSA) is 124 Å². The summed E-state index contributed by atoms with van der Waals surface area (Å²) in [5.41, 5.74) is -0.0155. The van der Waals surface area contributed by atoms with Crippen molar-refractivity contribution in [2.75, 3.05) is 7.05 Å². The van der Waals surface area contributed by atoms with E-state index in [4.69, 9.17) is 15.3 Å². The number of carboxylic acid groups (broad SMARTS) is 3. The van der Waals surface area contributed by atoms with Crippen molar-refractivity contribution in [2.24, 2.45) is 0 Å². The van der Waals surface area contributed by atoms with Crippen molar-refractivity contribution in [3.63, 3.8) is 0 Å². The predicted octanol–water partition coefficient (Wildman–Crippen LogP) is 1.18. The van der Waals surface area contributed by atoms with E-state index in [9.17, 15) is 14.4 Å². The van der Waals surface area contributed by atoms with Gasteiger partial charge in [0, 0.05) is 12.0 Å². The molecular weight excluding hydrogens is 254 g/mol. The molecule has 0 amide bonds. The van der Waals surface area contributed by atoms with Crippen LogP contribution in [0.15, 0.2) is 0 Å². The van der Waals surface area contributed by atoms with E-state index in [1.54, 1.807) is 0 Å². The predicted molar refractivity (Wildman–Crippen MR) is 69.1 cm³/mol. The molecule has 0 saturated heterocycles. The summed E-state index contributed by atoms with van der Waals surface area (Å²) >= 11 is 0. The van der Waals surface area contributed by atoms with Gasteiger partial charge in [-0.3, -0.25) is 14.4 Å². The maximum absolute atomic E-state index is 10.3. The minimum absolute atomic E-state index is 0.0155. The van der Waals surface area contributed by atoms with Gasteiger partial charge in [0.05, 0.1) is 12.8 Å². The molecule has 0 fully saturated rings. The second kappa shape index (κ2) is 10.3. The number of carboxylic acids is 3. The van der Waals surface area contributed by atoms with Gasteiger partial charge in [0.25, 0.3) is 0 Å². The molecule has 0 radical (unpaired) electrons. The van der Waals surface area contributed by atoms with Crippen LogP contribution in [0.25, 0.3) is 0 Å². The van der Waals surface area contributed by atoms with Crippen LogP contribution >= 0.6 is 0 Å². The molecule has 0 saturated carbocycles. The summed E-state index contributed by atoms with van der Waals surface area (Å²) in [7, 11) is 1.87. The van der Waals surface area contributed by atoms with Crippen LogP contribution in [-0.2, 0) is 14.4 Å². The van der Waals surface area contributed by atoms with E-state index in [0.717, 1.165) is 6.42 Å². The molecule has 0 aromatic heterocycles. The lowest BCUT2D eigenvalue weighted by Gasteiger charge is -2.26. The first kappa shape index (κ1) is 19.7. The quantitative estimate of drug-likeness (QED) is 0.525. The van der Waals surface area contributed by atoms with Crippen molar-refractivity contribution >= 4 is 17.9 Å². The molecule has 112 valence electrons. The second-order valence-electron chi connectivity index (χ2n) is 4.35. The van der Waals surface area contributed by atoms with Crippen LogP contribution in [0.3, 0.4) is 0 Å². The average Bonchev–Trinajstić information content (AvgIpc) is 2.34. The maximum atomic E-state index is 10.3. The molecule has 0 aromatic carbocycles. The van der Waals surface area contributed by atoms with Crippen molar-refractivity contribution in [1.29, 1.82) is 0 Å². The molecule has 19 heavy (non-hydrogen) atoms. The zero-order valence-corrected chi connectivity index (χ0v) is 11.6. The van der Waals surface area contributed by atoms with Crippen molar-refractivity contribution in [3.8, 4) is 0 Å². The second-order valence-corrected chi connectivity index (χ2v) is 4.35. The smallest absolute Gasteiger partial charge is 0.303 e. The number of rotatable bonds is 8. The monoisotopic (exact) mass is 277 g/mol. The van der Waals surface area contributed by atoms with Gasteiger partial charge in [0.1, 0.15) is 0 Å². The van der Waals surface area contributed by atoms with Crippen LogP contribution in [-0.4, -0.2) is 45.8 Å². The molecule has 0 spiro atoms.